The second-order valence-corrected chi connectivity index (χ2v) is 9.26. The molecular weight excluding hydrogens is 448 g/mol. The van der Waals surface area contributed by atoms with E-state index in [2.05, 4.69) is 41.5 Å². The summed E-state index contributed by atoms with van der Waals surface area (Å²) in [4.78, 5) is 17.8. The molecule has 0 saturated heterocycles. The van der Waals surface area contributed by atoms with Crippen molar-refractivity contribution in [3.8, 4) is 0 Å². The van der Waals surface area contributed by atoms with Crippen LogP contribution in [0, 0.1) is 11.6 Å². The van der Waals surface area contributed by atoms with Crippen LogP contribution in [0.3, 0.4) is 0 Å². The standard InChI is InChI=1S/C27H27F2N5O/c1-27(2,3)21-10-8-20(9-11-21)24(35)34-26(31-17-19-6-14-23(29)15-7-19)32-25(33-34)30-16-18-4-12-22(28)13-5-18/h4-15H,16-17H2,1-3H3,(H2,30,31,32,33). The van der Waals surface area contributed by atoms with E-state index < -0.39 is 0 Å². The lowest BCUT2D eigenvalue weighted by Crippen LogP contribution is -2.18. The van der Waals surface area contributed by atoms with Crippen LogP contribution >= 0.6 is 0 Å². The molecule has 0 fully saturated rings. The molecule has 0 spiro atoms. The molecule has 4 rings (SSSR count). The topological polar surface area (TPSA) is 71.8 Å². The van der Waals surface area contributed by atoms with Gasteiger partial charge in [0.1, 0.15) is 11.6 Å². The molecule has 0 unspecified atom stereocenters. The molecule has 2 N–H and O–H groups in total. The molecule has 0 aliphatic carbocycles. The minimum Gasteiger partial charge on any atom is -0.350 e. The molecular formula is C27H27F2N5O. The first kappa shape index (κ1) is 24.1. The number of benzene rings is 3. The van der Waals surface area contributed by atoms with Crippen molar-refractivity contribution in [1.29, 1.82) is 0 Å². The fraction of sp³-hybridized carbons (Fsp3) is 0.222. The van der Waals surface area contributed by atoms with Crippen LogP contribution in [-0.2, 0) is 18.5 Å². The smallest absolute Gasteiger partial charge is 0.281 e. The van der Waals surface area contributed by atoms with Crippen LogP contribution in [0.5, 0.6) is 0 Å². The molecule has 180 valence electrons. The number of anilines is 2. The summed E-state index contributed by atoms with van der Waals surface area (Å²) in [6.45, 7) is 7.01. The van der Waals surface area contributed by atoms with E-state index in [1.807, 2.05) is 12.1 Å². The van der Waals surface area contributed by atoms with Gasteiger partial charge in [-0.25, -0.2) is 8.78 Å². The van der Waals surface area contributed by atoms with E-state index in [4.69, 9.17) is 0 Å². The van der Waals surface area contributed by atoms with Crippen LogP contribution in [0.25, 0.3) is 0 Å². The molecule has 4 aromatic rings. The third kappa shape index (κ3) is 6.09. The first-order valence-corrected chi connectivity index (χ1v) is 11.3. The van der Waals surface area contributed by atoms with Gasteiger partial charge in [-0.1, -0.05) is 57.2 Å². The van der Waals surface area contributed by atoms with Gasteiger partial charge in [0.25, 0.3) is 5.91 Å². The fourth-order valence-corrected chi connectivity index (χ4v) is 3.44. The van der Waals surface area contributed by atoms with Crippen molar-refractivity contribution in [2.75, 3.05) is 10.6 Å². The van der Waals surface area contributed by atoms with Crippen molar-refractivity contribution in [1.82, 2.24) is 14.8 Å². The van der Waals surface area contributed by atoms with E-state index in [9.17, 15) is 13.6 Å². The average molecular weight is 476 g/mol. The average Bonchev–Trinajstić information content (AvgIpc) is 3.25. The number of halogens is 2. The molecule has 0 bridgehead atoms. The predicted octanol–water partition coefficient (Wildman–Crippen LogP) is 5.77. The highest BCUT2D eigenvalue weighted by atomic mass is 19.1. The summed E-state index contributed by atoms with van der Waals surface area (Å²) >= 11 is 0. The zero-order valence-corrected chi connectivity index (χ0v) is 19.8. The summed E-state index contributed by atoms with van der Waals surface area (Å²) in [5.41, 5.74) is 3.21. The number of aromatic nitrogens is 3. The lowest BCUT2D eigenvalue weighted by Gasteiger charge is -2.19. The van der Waals surface area contributed by atoms with Crippen molar-refractivity contribution >= 4 is 17.8 Å². The van der Waals surface area contributed by atoms with Gasteiger partial charge in [-0.05, 0) is 58.5 Å². The summed E-state index contributed by atoms with van der Waals surface area (Å²) in [7, 11) is 0. The van der Waals surface area contributed by atoms with Crippen LogP contribution in [0.1, 0.15) is 47.8 Å². The summed E-state index contributed by atoms with van der Waals surface area (Å²) in [6, 6.07) is 19.6. The Morgan fingerprint density at radius 3 is 1.83 bits per heavy atom. The SMILES string of the molecule is CC(C)(C)c1ccc(C(=O)n2nc(NCc3ccc(F)cc3)nc2NCc2ccc(F)cc2)cc1. The quantitative estimate of drug-likeness (QED) is 0.355. The van der Waals surface area contributed by atoms with Gasteiger partial charge in [-0.2, -0.15) is 9.67 Å². The Morgan fingerprint density at radius 2 is 1.31 bits per heavy atom. The second-order valence-electron chi connectivity index (χ2n) is 9.26. The predicted molar refractivity (Wildman–Crippen MR) is 132 cm³/mol. The number of nitrogens with one attached hydrogen (secondary N) is 2. The minimum absolute atomic E-state index is 0.0336. The van der Waals surface area contributed by atoms with E-state index in [-0.39, 0.29) is 34.9 Å². The molecule has 0 amide bonds. The monoisotopic (exact) mass is 475 g/mol. The molecule has 0 aliphatic heterocycles. The van der Waals surface area contributed by atoms with E-state index in [1.54, 1.807) is 36.4 Å². The highest BCUT2D eigenvalue weighted by Gasteiger charge is 2.20. The van der Waals surface area contributed by atoms with Gasteiger partial charge < -0.3 is 10.6 Å². The lowest BCUT2D eigenvalue weighted by atomic mass is 9.87. The minimum atomic E-state index is -0.339. The lowest BCUT2D eigenvalue weighted by molar-refractivity contribution is 0.0947. The number of rotatable bonds is 7. The Hall–Kier alpha value is -4.07. The first-order valence-electron chi connectivity index (χ1n) is 11.3. The third-order valence-corrected chi connectivity index (χ3v) is 5.53. The van der Waals surface area contributed by atoms with Crippen molar-refractivity contribution in [3.05, 3.63) is 107 Å². The van der Waals surface area contributed by atoms with Crippen LogP contribution in [0.15, 0.2) is 72.8 Å². The van der Waals surface area contributed by atoms with Gasteiger partial charge in [0, 0.05) is 18.7 Å². The van der Waals surface area contributed by atoms with Crippen LogP contribution in [0.4, 0.5) is 20.7 Å². The molecule has 6 nitrogen and oxygen atoms in total. The molecule has 0 aliphatic rings. The van der Waals surface area contributed by atoms with E-state index in [0.29, 0.717) is 18.7 Å². The van der Waals surface area contributed by atoms with Crippen molar-refractivity contribution in [2.24, 2.45) is 0 Å². The maximum Gasteiger partial charge on any atom is 0.281 e. The second kappa shape index (κ2) is 10.0. The van der Waals surface area contributed by atoms with E-state index in [1.165, 1.54) is 28.9 Å². The largest absolute Gasteiger partial charge is 0.350 e. The number of carbonyl (C=O) groups is 1. The number of carbonyl (C=O) groups excluding carboxylic acids is 1. The molecule has 0 radical (unpaired) electrons. The maximum atomic E-state index is 13.3. The van der Waals surface area contributed by atoms with Crippen molar-refractivity contribution in [3.63, 3.8) is 0 Å². The molecule has 8 heteroatoms. The summed E-state index contributed by atoms with van der Waals surface area (Å²) < 4.78 is 27.6. The Balaban J connectivity index is 1.57. The fourth-order valence-electron chi connectivity index (χ4n) is 3.44. The highest BCUT2D eigenvalue weighted by molar-refractivity contribution is 5.97. The van der Waals surface area contributed by atoms with E-state index >= 15 is 0 Å². The Morgan fingerprint density at radius 1 is 0.800 bits per heavy atom. The highest BCUT2D eigenvalue weighted by Crippen LogP contribution is 2.23. The molecule has 1 heterocycles. The summed E-state index contributed by atoms with van der Waals surface area (Å²) in [6.07, 6.45) is 0. The van der Waals surface area contributed by atoms with E-state index in [0.717, 1.165) is 16.7 Å². The van der Waals surface area contributed by atoms with Crippen LogP contribution in [-0.4, -0.2) is 20.7 Å². The third-order valence-electron chi connectivity index (χ3n) is 5.53. The van der Waals surface area contributed by atoms with Gasteiger partial charge >= 0.3 is 0 Å². The first-order chi connectivity index (χ1) is 16.7. The Bertz CT molecular complexity index is 1290. The van der Waals surface area contributed by atoms with Gasteiger partial charge in [0.15, 0.2) is 0 Å². The number of hydrogen-bond acceptors (Lipinski definition) is 5. The molecule has 35 heavy (non-hydrogen) atoms. The summed E-state index contributed by atoms with van der Waals surface area (Å²) in [5.74, 6) is -0.476. The number of nitrogens with zero attached hydrogens (tertiary/aromatic N) is 3. The zero-order valence-electron chi connectivity index (χ0n) is 19.8. The molecule has 1 aromatic heterocycles. The van der Waals surface area contributed by atoms with Gasteiger partial charge in [0.2, 0.25) is 11.9 Å². The van der Waals surface area contributed by atoms with Crippen LogP contribution < -0.4 is 10.6 Å². The van der Waals surface area contributed by atoms with Crippen molar-refractivity contribution < 1.29 is 13.6 Å². The summed E-state index contributed by atoms with van der Waals surface area (Å²) in [5, 5.41) is 10.6. The maximum absolute atomic E-state index is 13.3. The molecule has 0 atom stereocenters. The van der Waals surface area contributed by atoms with Crippen LogP contribution in [0.2, 0.25) is 0 Å². The molecule has 0 saturated carbocycles. The van der Waals surface area contributed by atoms with Gasteiger partial charge in [-0.15, -0.1) is 5.10 Å². The normalized spacial score (nSPS) is 11.3. The number of hydrogen-bond donors (Lipinski definition) is 2. The molecule has 3 aromatic carbocycles. The van der Waals surface area contributed by atoms with Crippen molar-refractivity contribution in [2.45, 2.75) is 39.3 Å². The zero-order chi connectivity index (χ0) is 25.0. The Kier molecular flexibility index (Phi) is 6.91. The van der Waals surface area contributed by atoms with Gasteiger partial charge in [-0.3, -0.25) is 4.79 Å². The van der Waals surface area contributed by atoms with Gasteiger partial charge in [0.05, 0.1) is 0 Å². The Labute approximate surface area is 203 Å².